The van der Waals surface area contributed by atoms with Gasteiger partial charge in [0, 0.05) is 12.7 Å². The number of rotatable bonds is 5. The fourth-order valence-corrected chi connectivity index (χ4v) is 3.82. The second-order valence-corrected chi connectivity index (χ2v) is 7.50. The summed E-state index contributed by atoms with van der Waals surface area (Å²) >= 11 is 0. The van der Waals surface area contributed by atoms with Gasteiger partial charge in [0.2, 0.25) is 0 Å². The van der Waals surface area contributed by atoms with E-state index in [0.29, 0.717) is 24.1 Å². The average molecular weight is 410 g/mol. The topological polar surface area (TPSA) is 92.8 Å². The van der Waals surface area contributed by atoms with Crippen molar-refractivity contribution in [1.82, 2.24) is 4.90 Å². The number of amides is 3. The maximum atomic E-state index is 13.2. The number of imide groups is 1. The van der Waals surface area contributed by atoms with Crippen LogP contribution in [-0.2, 0) is 19.7 Å². The van der Waals surface area contributed by atoms with Crippen LogP contribution in [0.2, 0.25) is 0 Å². The van der Waals surface area contributed by atoms with Gasteiger partial charge in [0.25, 0.3) is 17.7 Å². The largest absolute Gasteiger partial charge is 0.455 e. The highest BCUT2D eigenvalue weighted by molar-refractivity contribution is 6.21. The number of halogens is 1. The summed E-state index contributed by atoms with van der Waals surface area (Å²) in [5.74, 6) is -2.31. The number of carbonyl (C=O) groups is 4. The number of nitrogens with one attached hydrogen (secondary N) is 1. The molecule has 0 atom stereocenters. The van der Waals surface area contributed by atoms with Crippen molar-refractivity contribution in [1.29, 1.82) is 0 Å². The molecule has 1 aliphatic heterocycles. The number of ether oxygens (including phenoxy) is 1. The van der Waals surface area contributed by atoms with Crippen LogP contribution in [0, 0.1) is 5.82 Å². The molecule has 8 heteroatoms. The summed E-state index contributed by atoms with van der Waals surface area (Å²) in [6.07, 6.45) is 2.00. The molecule has 0 aromatic heterocycles. The normalized spacial score (nSPS) is 16.7. The van der Waals surface area contributed by atoms with Crippen molar-refractivity contribution in [2.45, 2.75) is 24.7 Å². The van der Waals surface area contributed by atoms with Crippen LogP contribution in [0.3, 0.4) is 0 Å². The Morgan fingerprint density at radius 1 is 1.07 bits per heavy atom. The summed E-state index contributed by atoms with van der Waals surface area (Å²) in [7, 11) is 1.39. The van der Waals surface area contributed by atoms with Gasteiger partial charge < -0.3 is 10.1 Å². The summed E-state index contributed by atoms with van der Waals surface area (Å²) in [6.45, 7) is -0.494. The molecule has 0 radical (unpaired) electrons. The Balaban J connectivity index is 1.39. The predicted molar refractivity (Wildman–Crippen MR) is 104 cm³/mol. The minimum Gasteiger partial charge on any atom is -0.455 e. The molecule has 0 saturated heterocycles. The van der Waals surface area contributed by atoms with E-state index in [1.165, 1.54) is 37.4 Å². The summed E-state index contributed by atoms with van der Waals surface area (Å²) in [4.78, 5) is 49.9. The molecule has 154 valence electrons. The predicted octanol–water partition coefficient (Wildman–Crippen LogP) is 2.66. The average Bonchev–Trinajstić information content (AvgIpc) is 2.91. The zero-order valence-electron chi connectivity index (χ0n) is 16.2. The standard InChI is InChI=1S/C22H19FN2O5/c1-25-19(27)16-8-7-15(11-17(16)20(25)28)24-18(26)12-30-21(29)22(9-2-10-22)13-3-5-14(23)6-4-13/h3-8,11H,2,9-10,12H2,1H3,(H,24,26). The molecular weight excluding hydrogens is 391 g/mol. The van der Waals surface area contributed by atoms with Gasteiger partial charge in [0.05, 0.1) is 16.5 Å². The molecule has 7 nitrogen and oxygen atoms in total. The van der Waals surface area contributed by atoms with Crippen LogP contribution in [0.5, 0.6) is 0 Å². The first-order chi connectivity index (χ1) is 14.3. The molecule has 2 aromatic carbocycles. The molecule has 4 rings (SSSR count). The quantitative estimate of drug-likeness (QED) is 0.604. The number of benzene rings is 2. The van der Waals surface area contributed by atoms with Crippen molar-refractivity contribution in [2.24, 2.45) is 0 Å². The van der Waals surface area contributed by atoms with E-state index in [1.807, 2.05) is 0 Å². The Hall–Kier alpha value is -3.55. The van der Waals surface area contributed by atoms with Gasteiger partial charge in [-0.05, 0) is 48.7 Å². The van der Waals surface area contributed by atoms with Gasteiger partial charge in [-0.1, -0.05) is 18.6 Å². The lowest BCUT2D eigenvalue weighted by Gasteiger charge is -2.39. The van der Waals surface area contributed by atoms with Gasteiger partial charge >= 0.3 is 5.97 Å². The van der Waals surface area contributed by atoms with Crippen molar-refractivity contribution in [2.75, 3.05) is 19.0 Å². The molecule has 2 aromatic rings. The van der Waals surface area contributed by atoms with Crippen molar-refractivity contribution < 1.29 is 28.3 Å². The Morgan fingerprint density at radius 2 is 1.73 bits per heavy atom. The van der Waals surface area contributed by atoms with Crippen molar-refractivity contribution in [3.8, 4) is 0 Å². The van der Waals surface area contributed by atoms with E-state index in [4.69, 9.17) is 4.74 Å². The lowest BCUT2D eigenvalue weighted by Crippen LogP contribution is -2.44. The van der Waals surface area contributed by atoms with Gasteiger partial charge in [-0.2, -0.15) is 0 Å². The number of esters is 1. The first-order valence-corrected chi connectivity index (χ1v) is 9.51. The van der Waals surface area contributed by atoms with Gasteiger partial charge in [-0.3, -0.25) is 24.1 Å². The van der Waals surface area contributed by atoms with Crippen LogP contribution < -0.4 is 5.32 Å². The summed E-state index contributed by atoms with van der Waals surface area (Å²) in [6, 6.07) is 10.1. The zero-order valence-corrected chi connectivity index (χ0v) is 16.2. The van der Waals surface area contributed by atoms with Crippen LogP contribution >= 0.6 is 0 Å². The molecule has 1 fully saturated rings. The van der Waals surface area contributed by atoms with Crippen molar-refractivity contribution in [3.63, 3.8) is 0 Å². The third-order valence-corrected chi connectivity index (χ3v) is 5.70. The van der Waals surface area contributed by atoms with Crippen LogP contribution in [0.15, 0.2) is 42.5 Å². The highest BCUT2D eigenvalue weighted by Gasteiger charge is 2.47. The molecule has 30 heavy (non-hydrogen) atoms. The van der Waals surface area contributed by atoms with Crippen LogP contribution in [0.4, 0.5) is 10.1 Å². The Bertz CT molecular complexity index is 1060. The summed E-state index contributed by atoms with van der Waals surface area (Å²) in [5.41, 5.74) is 0.633. The van der Waals surface area contributed by atoms with Crippen LogP contribution in [0.1, 0.15) is 45.5 Å². The van der Waals surface area contributed by atoms with Gasteiger partial charge in [0.1, 0.15) is 5.82 Å². The van der Waals surface area contributed by atoms with E-state index in [-0.39, 0.29) is 16.9 Å². The third kappa shape index (κ3) is 3.24. The maximum Gasteiger partial charge on any atom is 0.317 e. The van der Waals surface area contributed by atoms with E-state index < -0.39 is 35.7 Å². The Kier molecular flexibility index (Phi) is 4.85. The molecule has 1 saturated carbocycles. The van der Waals surface area contributed by atoms with E-state index in [9.17, 15) is 23.6 Å². The van der Waals surface area contributed by atoms with Crippen molar-refractivity contribution in [3.05, 3.63) is 65.0 Å². The first kappa shape index (κ1) is 19.8. The number of hydrogen-bond acceptors (Lipinski definition) is 5. The molecule has 0 spiro atoms. The molecule has 2 aliphatic rings. The minimum atomic E-state index is -0.848. The molecule has 1 N–H and O–H groups in total. The number of anilines is 1. The number of fused-ring (bicyclic) bond motifs is 1. The second-order valence-electron chi connectivity index (χ2n) is 7.50. The summed E-state index contributed by atoms with van der Waals surface area (Å²) < 4.78 is 18.4. The van der Waals surface area contributed by atoms with Crippen LogP contribution in [0.25, 0.3) is 0 Å². The SMILES string of the molecule is CN1C(=O)c2ccc(NC(=O)COC(=O)C3(c4ccc(F)cc4)CCC3)cc2C1=O. The first-order valence-electron chi connectivity index (χ1n) is 9.51. The lowest BCUT2D eigenvalue weighted by molar-refractivity contribution is -0.156. The molecular formula is C22H19FN2O5. The third-order valence-electron chi connectivity index (χ3n) is 5.70. The van der Waals surface area contributed by atoms with Crippen molar-refractivity contribution >= 4 is 29.4 Å². The molecule has 0 unspecified atom stereocenters. The fourth-order valence-electron chi connectivity index (χ4n) is 3.82. The summed E-state index contributed by atoms with van der Waals surface area (Å²) in [5, 5.41) is 2.56. The monoisotopic (exact) mass is 410 g/mol. The van der Waals surface area contributed by atoms with E-state index >= 15 is 0 Å². The smallest absolute Gasteiger partial charge is 0.317 e. The Morgan fingerprint density at radius 3 is 2.37 bits per heavy atom. The van der Waals surface area contributed by atoms with Gasteiger partial charge in [0.15, 0.2) is 6.61 Å². The van der Waals surface area contributed by atoms with Gasteiger partial charge in [-0.15, -0.1) is 0 Å². The van der Waals surface area contributed by atoms with E-state index in [2.05, 4.69) is 5.32 Å². The Labute approximate surface area is 171 Å². The van der Waals surface area contributed by atoms with Crippen LogP contribution in [-0.4, -0.2) is 42.2 Å². The van der Waals surface area contributed by atoms with E-state index in [0.717, 1.165) is 11.3 Å². The molecule has 0 bridgehead atoms. The maximum absolute atomic E-state index is 13.2. The minimum absolute atomic E-state index is 0.210. The van der Waals surface area contributed by atoms with E-state index in [1.54, 1.807) is 12.1 Å². The highest BCUT2D eigenvalue weighted by Crippen LogP contribution is 2.44. The highest BCUT2D eigenvalue weighted by atomic mass is 19.1. The molecule has 1 heterocycles. The molecule has 1 aliphatic carbocycles. The fraction of sp³-hybridized carbons (Fsp3) is 0.273. The lowest BCUT2D eigenvalue weighted by atomic mass is 9.64. The number of carbonyl (C=O) groups excluding carboxylic acids is 4. The zero-order chi connectivity index (χ0) is 21.5. The molecule has 3 amide bonds. The number of nitrogens with zero attached hydrogens (tertiary/aromatic N) is 1. The second kappa shape index (κ2) is 7.37. The van der Waals surface area contributed by atoms with Gasteiger partial charge in [-0.25, -0.2) is 4.39 Å². The number of hydrogen-bond donors (Lipinski definition) is 1.